The van der Waals surface area contributed by atoms with Crippen molar-refractivity contribution < 1.29 is 73.8 Å². The molecule has 0 spiro atoms. The molecule has 1 rings (SSSR count). The predicted molar refractivity (Wildman–Crippen MR) is 60.3 cm³/mol. The van der Waals surface area contributed by atoms with Crippen LogP contribution in [0.4, 0.5) is 12.9 Å². The summed E-state index contributed by atoms with van der Waals surface area (Å²) in [5, 5.41) is 2.34. The van der Waals surface area contributed by atoms with E-state index in [9.17, 15) is 12.9 Å². The molecule has 0 aliphatic carbocycles. The van der Waals surface area contributed by atoms with Gasteiger partial charge in [0.1, 0.15) is 11.5 Å². The first-order valence-electron chi connectivity index (χ1n) is 5.09. The van der Waals surface area contributed by atoms with Crippen LogP contribution in [0.2, 0.25) is 0 Å². The average molecular weight is 287 g/mol. The Morgan fingerprint density at radius 2 is 1.83 bits per heavy atom. The molecule has 8 heteroatoms. The van der Waals surface area contributed by atoms with Crippen LogP contribution in [-0.2, 0) is 6.54 Å². The average Bonchev–Trinajstić information content (AvgIpc) is 2.27. The van der Waals surface area contributed by atoms with Gasteiger partial charge in [-0.3, -0.25) is 0 Å². The van der Waals surface area contributed by atoms with E-state index in [1.165, 1.54) is 14.2 Å². The zero-order valence-corrected chi connectivity index (χ0v) is 13.8. The van der Waals surface area contributed by atoms with Crippen LogP contribution in [0, 0.1) is 0 Å². The number of rotatable bonds is 6. The maximum atomic E-state index is 12.0. The van der Waals surface area contributed by atoms with E-state index in [1.54, 1.807) is 18.2 Å². The van der Waals surface area contributed by atoms with Gasteiger partial charge in [-0.1, -0.05) is 6.07 Å². The van der Waals surface area contributed by atoms with Gasteiger partial charge in [-0.2, -0.15) is 0 Å². The van der Waals surface area contributed by atoms with E-state index >= 15 is 0 Å². The summed E-state index contributed by atoms with van der Waals surface area (Å²) >= 11 is 0. The summed E-state index contributed by atoms with van der Waals surface area (Å²) in [5.41, 5.74) is 0.661. The summed E-state index contributed by atoms with van der Waals surface area (Å²) < 4.78 is 46.1. The van der Waals surface area contributed by atoms with Gasteiger partial charge in [0, 0.05) is 18.2 Å². The number of nitrogens with one attached hydrogen (secondary N) is 1. The molecule has 0 aromatic heterocycles. The van der Waals surface area contributed by atoms with E-state index in [-0.39, 0.29) is 57.9 Å². The van der Waals surface area contributed by atoms with Gasteiger partial charge < -0.3 is 27.7 Å². The van der Waals surface area contributed by atoms with Crippen LogP contribution < -0.4 is 66.2 Å². The van der Waals surface area contributed by atoms with Gasteiger partial charge >= 0.3 is 58.4 Å². The Labute approximate surface area is 147 Å². The Kier molecular flexibility index (Phi) is 8.57. The van der Waals surface area contributed by atoms with Crippen LogP contribution in [0.1, 0.15) is 5.56 Å². The molecule has 0 aliphatic heterocycles. The fourth-order valence-corrected chi connectivity index (χ4v) is 1.37. The smallest absolute Gasteiger partial charge is 0.497 e. The Morgan fingerprint density at radius 3 is 2.33 bits per heavy atom. The van der Waals surface area contributed by atoms with Crippen molar-refractivity contribution in [3.8, 4) is 11.5 Å². The van der Waals surface area contributed by atoms with Gasteiger partial charge in [-0.25, -0.2) is 0 Å². The maximum absolute atomic E-state index is 12.0. The van der Waals surface area contributed by atoms with Gasteiger partial charge in [0.2, 0.25) is 0 Å². The van der Waals surface area contributed by atoms with Gasteiger partial charge in [0.25, 0.3) is 0 Å². The molecule has 18 heavy (non-hydrogen) atoms. The summed E-state index contributed by atoms with van der Waals surface area (Å²) in [4.78, 5) is 0. The fraction of sp³-hybridized carbons (Fsp3) is 0.400. The predicted octanol–water partition coefficient (Wildman–Crippen LogP) is -0.816. The monoisotopic (exact) mass is 287 g/mol. The third-order valence-corrected chi connectivity index (χ3v) is 2.19. The third kappa shape index (κ3) is 6.44. The molecule has 3 nitrogen and oxygen atoms in total. The van der Waals surface area contributed by atoms with Crippen molar-refractivity contribution in [2.24, 2.45) is 0 Å². The van der Waals surface area contributed by atoms with E-state index < -0.39 is 13.4 Å². The number of hydrogen-bond acceptors (Lipinski definition) is 3. The van der Waals surface area contributed by atoms with Gasteiger partial charge in [0.05, 0.1) is 14.2 Å². The molecular weight excluding hydrogens is 273 g/mol. The van der Waals surface area contributed by atoms with Crippen LogP contribution in [0.5, 0.6) is 11.5 Å². The number of halogens is 3. The Morgan fingerprint density at radius 1 is 1.17 bits per heavy atom. The van der Waals surface area contributed by atoms with Crippen LogP contribution in [0.15, 0.2) is 18.2 Å². The van der Waals surface area contributed by atoms with E-state index in [1.807, 2.05) is 0 Å². The first-order valence-corrected chi connectivity index (χ1v) is 5.09. The Balaban J connectivity index is 0.00000289. The zero-order chi connectivity index (χ0) is 12.9. The molecule has 0 amide bonds. The molecule has 1 N–H and O–H groups in total. The molecule has 1 aromatic rings. The normalized spacial score (nSPS) is 10.7. The van der Waals surface area contributed by atoms with Crippen molar-refractivity contribution in [2.75, 3.05) is 20.7 Å². The number of hydrogen-bond donors (Lipinski definition) is 1. The van der Waals surface area contributed by atoms with E-state index in [0.717, 1.165) is 0 Å². The molecule has 0 fully saturated rings. The second-order valence-electron chi connectivity index (χ2n) is 3.52. The SMILES string of the molecule is COc1ccc(CNC[B-](F)(F)F)c(OC)c1.[K+]. The molecule has 0 saturated heterocycles. The first kappa shape index (κ1) is 18.3. The van der Waals surface area contributed by atoms with E-state index in [2.05, 4.69) is 5.32 Å². The summed E-state index contributed by atoms with van der Waals surface area (Å²) in [7, 11) is 2.98. The van der Waals surface area contributed by atoms with Gasteiger partial charge in [-0.15, -0.1) is 0 Å². The second-order valence-corrected chi connectivity index (χ2v) is 3.52. The minimum Gasteiger partial charge on any atom is -0.497 e. The topological polar surface area (TPSA) is 30.5 Å². The fourth-order valence-electron chi connectivity index (χ4n) is 1.37. The quantitative estimate of drug-likeness (QED) is 0.694. The molecule has 96 valence electrons. The van der Waals surface area contributed by atoms with Crippen LogP contribution in [0.25, 0.3) is 0 Å². The molecule has 0 heterocycles. The zero-order valence-electron chi connectivity index (χ0n) is 10.7. The molecule has 0 aliphatic rings. The van der Waals surface area contributed by atoms with Gasteiger partial charge in [-0.05, 0) is 12.5 Å². The summed E-state index contributed by atoms with van der Waals surface area (Å²) in [6, 6.07) is 4.99. The van der Waals surface area contributed by atoms with Crippen LogP contribution >= 0.6 is 0 Å². The van der Waals surface area contributed by atoms with Crippen molar-refractivity contribution in [1.29, 1.82) is 0 Å². The molecule has 0 bridgehead atoms. The van der Waals surface area contributed by atoms with Crippen molar-refractivity contribution in [3.63, 3.8) is 0 Å². The first-order chi connectivity index (χ1) is 7.96. The van der Waals surface area contributed by atoms with Gasteiger partial charge in [0.15, 0.2) is 0 Å². The third-order valence-electron chi connectivity index (χ3n) is 2.19. The summed E-state index contributed by atoms with van der Waals surface area (Å²) in [6.07, 6.45) is -0.963. The Bertz CT molecular complexity index is 377. The van der Waals surface area contributed by atoms with E-state index in [0.29, 0.717) is 17.1 Å². The standard InChI is InChI=1S/C10H14BF3NO2.K/c1-16-9-4-3-8(10(5-9)17-2)6-15-7-11(12,13)14;/h3-5,15H,6-7H2,1-2H3;/q-1;+1. The second kappa shape index (κ2) is 8.44. The summed E-state index contributed by atoms with van der Waals surface area (Å²) in [6.45, 7) is -4.70. The largest absolute Gasteiger partial charge is 1.00 e. The minimum atomic E-state index is -4.80. The number of benzene rings is 1. The molecule has 0 unspecified atom stereocenters. The molecule has 1 aromatic carbocycles. The number of ether oxygens (including phenoxy) is 2. The molecule has 0 saturated carbocycles. The van der Waals surface area contributed by atoms with Crippen LogP contribution in [-0.4, -0.2) is 27.6 Å². The van der Waals surface area contributed by atoms with Crippen molar-refractivity contribution in [1.82, 2.24) is 5.32 Å². The summed E-state index contributed by atoms with van der Waals surface area (Å²) in [5.74, 6) is 1.11. The number of methoxy groups -OCH3 is 2. The van der Waals surface area contributed by atoms with Crippen molar-refractivity contribution in [2.45, 2.75) is 6.54 Å². The molecule has 0 atom stereocenters. The van der Waals surface area contributed by atoms with Crippen molar-refractivity contribution >= 4 is 6.98 Å². The molecular formula is C10H14BF3KNO2. The van der Waals surface area contributed by atoms with Crippen LogP contribution in [0.3, 0.4) is 0 Å². The Hall–Kier alpha value is 0.271. The molecule has 0 radical (unpaired) electrons. The maximum Gasteiger partial charge on any atom is 1.00 e. The van der Waals surface area contributed by atoms with Crippen molar-refractivity contribution in [3.05, 3.63) is 23.8 Å². The van der Waals surface area contributed by atoms with E-state index in [4.69, 9.17) is 9.47 Å². The minimum absolute atomic E-state index is 0.